The van der Waals surface area contributed by atoms with E-state index in [0.29, 0.717) is 13.1 Å². The minimum Gasteiger partial charge on any atom is -0.507 e. The SMILES string of the molecule is COC1(C)CCCN(S(=O)(=O)c2ccccc2O)C1. The van der Waals surface area contributed by atoms with Crippen molar-refractivity contribution in [3.8, 4) is 5.75 Å². The van der Waals surface area contributed by atoms with Crippen LogP contribution >= 0.6 is 0 Å². The van der Waals surface area contributed by atoms with E-state index < -0.39 is 15.6 Å². The van der Waals surface area contributed by atoms with Gasteiger partial charge in [-0.2, -0.15) is 4.31 Å². The monoisotopic (exact) mass is 285 g/mol. The number of piperidine rings is 1. The minimum atomic E-state index is -3.67. The van der Waals surface area contributed by atoms with Crippen LogP contribution < -0.4 is 0 Å². The molecule has 1 aromatic carbocycles. The fourth-order valence-electron chi connectivity index (χ4n) is 2.35. The van der Waals surface area contributed by atoms with Crippen LogP contribution in [0.4, 0.5) is 0 Å². The van der Waals surface area contributed by atoms with Gasteiger partial charge in [0.1, 0.15) is 10.6 Å². The molecule has 1 aliphatic rings. The molecule has 0 aliphatic carbocycles. The molecule has 1 unspecified atom stereocenters. The second kappa shape index (κ2) is 5.11. The lowest BCUT2D eigenvalue weighted by Crippen LogP contribution is -2.49. The minimum absolute atomic E-state index is 0.0460. The van der Waals surface area contributed by atoms with E-state index in [9.17, 15) is 13.5 Å². The van der Waals surface area contributed by atoms with Gasteiger partial charge in [0.15, 0.2) is 0 Å². The van der Waals surface area contributed by atoms with E-state index in [4.69, 9.17) is 4.74 Å². The van der Waals surface area contributed by atoms with Crippen LogP contribution in [0, 0.1) is 0 Å². The molecular weight excluding hydrogens is 266 g/mol. The molecule has 0 radical (unpaired) electrons. The number of benzene rings is 1. The molecule has 0 saturated carbocycles. The highest BCUT2D eigenvalue weighted by atomic mass is 32.2. The number of para-hydroxylation sites is 1. The van der Waals surface area contributed by atoms with E-state index in [2.05, 4.69) is 0 Å². The van der Waals surface area contributed by atoms with Gasteiger partial charge in [-0.3, -0.25) is 0 Å². The maximum atomic E-state index is 12.5. The average molecular weight is 285 g/mol. The van der Waals surface area contributed by atoms with Crippen molar-refractivity contribution in [3.63, 3.8) is 0 Å². The first-order valence-electron chi connectivity index (χ1n) is 6.22. The largest absolute Gasteiger partial charge is 0.507 e. The number of ether oxygens (including phenoxy) is 1. The van der Waals surface area contributed by atoms with Gasteiger partial charge in [0, 0.05) is 20.2 Å². The molecule has 0 bridgehead atoms. The van der Waals surface area contributed by atoms with Crippen molar-refractivity contribution < 1.29 is 18.3 Å². The van der Waals surface area contributed by atoms with Crippen molar-refractivity contribution in [1.82, 2.24) is 4.31 Å². The molecule has 0 amide bonds. The predicted octanol–water partition coefficient (Wildman–Crippen LogP) is 1.58. The Morgan fingerprint density at radius 1 is 1.37 bits per heavy atom. The lowest BCUT2D eigenvalue weighted by molar-refractivity contribution is -0.0319. The number of hydrogen-bond acceptors (Lipinski definition) is 4. The molecule has 1 aliphatic heterocycles. The average Bonchev–Trinajstić information content (AvgIpc) is 2.39. The highest BCUT2D eigenvalue weighted by molar-refractivity contribution is 7.89. The van der Waals surface area contributed by atoms with Gasteiger partial charge in [0.2, 0.25) is 10.0 Å². The van der Waals surface area contributed by atoms with E-state index in [1.165, 1.54) is 16.4 Å². The fraction of sp³-hybridized carbons (Fsp3) is 0.538. The van der Waals surface area contributed by atoms with Crippen LogP contribution in [0.3, 0.4) is 0 Å². The first-order chi connectivity index (χ1) is 8.89. The number of rotatable bonds is 3. The Bertz CT molecular complexity index is 558. The van der Waals surface area contributed by atoms with E-state index in [1.54, 1.807) is 19.2 Å². The lowest BCUT2D eigenvalue weighted by atomic mass is 9.96. The Kier molecular flexibility index (Phi) is 3.85. The zero-order valence-corrected chi connectivity index (χ0v) is 12.0. The van der Waals surface area contributed by atoms with Crippen LogP contribution in [-0.2, 0) is 14.8 Å². The van der Waals surface area contributed by atoms with Gasteiger partial charge in [-0.15, -0.1) is 0 Å². The Balaban J connectivity index is 2.33. The second-order valence-electron chi connectivity index (χ2n) is 5.06. The number of nitrogens with zero attached hydrogens (tertiary/aromatic N) is 1. The van der Waals surface area contributed by atoms with Crippen LogP contribution in [0.15, 0.2) is 29.2 Å². The molecule has 1 aromatic rings. The number of sulfonamides is 1. The Labute approximate surface area is 113 Å². The van der Waals surface area contributed by atoms with Crippen molar-refractivity contribution >= 4 is 10.0 Å². The van der Waals surface area contributed by atoms with Crippen molar-refractivity contribution in [2.45, 2.75) is 30.3 Å². The van der Waals surface area contributed by atoms with E-state index in [1.807, 2.05) is 6.92 Å². The third-order valence-electron chi connectivity index (χ3n) is 3.60. The Hall–Kier alpha value is -1.11. The number of hydrogen-bond donors (Lipinski definition) is 1. The summed E-state index contributed by atoms with van der Waals surface area (Å²) in [5, 5.41) is 9.73. The standard InChI is InChI=1S/C13H19NO4S/c1-13(18-2)8-5-9-14(10-13)19(16,17)12-7-4-3-6-11(12)15/h3-4,6-7,15H,5,8-10H2,1-2H3. The van der Waals surface area contributed by atoms with Crippen molar-refractivity contribution in [3.05, 3.63) is 24.3 Å². The molecule has 1 N–H and O–H groups in total. The number of aromatic hydroxyl groups is 1. The summed E-state index contributed by atoms with van der Waals surface area (Å²) >= 11 is 0. The maximum Gasteiger partial charge on any atom is 0.246 e. The lowest BCUT2D eigenvalue weighted by Gasteiger charge is -2.38. The van der Waals surface area contributed by atoms with Crippen molar-refractivity contribution in [2.24, 2.45) is 0 Å². The highest BCUT2D eigenvalue weighted by Crippen LogP contribution is 2.31. The molecule has 1 heterocycles. The van der Waals surface area contributed by atoms with Crippen LogP contribution in [0.2, 0.25) is 0 Å². The second-order valence-corrected chi connectivity index (χ2v) is 6.97. The van der Waals surface area contributed by atoms with Gasteiger partial charge >= 0.3 is 0 Å². The smallest absolute Gasteiger partial charge is 0.246 e. The Morgan fingerprint density at radius 3 is 2.68 bits per heavy atom. The summed E-state index contributed by atoms with van der Waals surface area (Å²) in [7, 11) is -2.08. The van der Waals surface area contributed by atoms with E-state index >= 15 is 0 Å². The van der Waals surface area contributed by atoms with Gasteiger partial charge in [-0.1, -0.05) is 12.1 Å². The molecule has 1 fully saturated rings. The van der Waals surface area contributed by atoms with Gasteiger partial charge in [0.05, 0.1) is 5.60 Å². The van der Waals surface area contributed by atoms with Crippen molar-refractivity contribution in [1.29, 1.82) is 0 Å². The van der Waals surface area contributed by atoms with Crippen molar-refractivity contribution in [2.75, 3.05) is 20.2 Å². The summed E-state index contributed by atoms with van der Waals surface area (Å²) in [4.78, 5) is -0.0460. The predicted molar refractivity (Wildman–Crippen MR) is 71.5 cm³/mol. The summed E-state index contributed by atoms with van der Waals surface area (Å²) in [5.74, 6) is -0.216. The van der Waals surface area contributed by atoms with Gasteiger partial charge in [-0.25, -0.2) is 8.42 Å². The van der Waals surface area contributed by atoms with Crippen LogP contribution in [0.5, 0.6) is 5.75 Å². The zero-order valence-electron chi connectivity index (χ0n) is 11.2. The molecule has 0 aromatic heterocycles. The van der Waals surface area contributed by atoms with E-state index in [0.717, 1.165) is 12.8 Å². The quantitative estimate of drug-likeness (QED) is 0.915. The summed E-state index contributed by atoms with van der Waals surface area (Å²) in [5.41, 5.74) is -0.463. The molecule has 6 heteroatoms. The molecule has 1 atom stereocenters. The number of phenolic OH excluding ortho intramolecular Hbond substituents is 1. The summed E-state index contributed by atoms with van der Waals surface area (Å²) in [6.45, 7) is 2.66. The zero-order chi connectivity index (χ0) is 14.1. The van der Waals surface area contributed by atoms with Gasteiger partial charge < -0.3 is 9.84 Å². The maximum absolute atomic E-state index is 12.5. The first-order valence-corrected chi connectivity index (χ1v) is 7.66. The molecular formula is C13H19NO4S. The molecule has 2 rings (SSSR count). The van der Waals surface area contributed by atoms with Crippen LogP contribution in [0.1, 0.15) is 19.8 Å². The van der Waals surface area contributed by atoms with Gasteiger partial charge in [-0.05, 0) is 31.9 Å². The number of phenols is 1. The van der Waals surface area contributed by atoms with E-state index in [-0.39, 0.29) is 10.6 Å². The summed E-state index contributed by atoms with van der Waals surface area (Å²) in [6, 6.07) is 6.01. The third-order valence-corrected chi connectivity index (χ3v) is 5.49. The molecule has 5 nitrogen and oxygen atoms in total. The molecule has 19 heavy (non-hydrogen) atoms. The van der Waals surface area contributed by atoms with Crippen LogP contribution in [0.25, 0.3) is 0 Å². The third kappa shape index (κ3) is 2.75. The normalized spacial score (nSPS) is 25.4. The molecule has 1 saturated heterocycles. The Morgan fingerprint density at radius 2 is 2.05 bits per heavy atom. The molecule has 106 valence electrons. The fourth-order valence-corrected chi connectivity index (χ4v) is 4.02. The number of methoxy groups -OCH3 is 1. The topological polar surface area (TPSA) is 66.8 Å². The summed E-state index contributed by atoms with van der Waals surface area (Å²) < 4.78 is 31.8. The van der Waals surface area contributed by atoms with Crippen LogP contribution in [-0.4, -0.2) is 43.6 Å². The molecule has 0 spiro atoms. The first kappa shape index (κ1) is 14.3. The van der Waals surface area contributed by atoms with Gasteiger partial charge in [0.25, 0.3) is 0 Å². The summed E-state index contributed by atoms with van der Waals surface area (Å²) in [6.07, 6.45) is 1.58. The highest BCUT2D eigenvalue weighted by Gasteiger charge is 2.37.